The van der Waals surface area contributed by atoms with Gasteiger partial charge in [0.1, 0.15) is 11.7 Å². The Morgan fingerprint density at radius 3 is 2.42 bits per heavy atom. The largest absolute Gasteiger partial charge is 0.387 e. The third-order valence-corrected chi connectivity index (χ3v) is 5.75. The lowest BCUT2D eigenvalue weighted by Gasteiger charge is -2.17. The minimum atomic E-state index is -0.272. The van der Waals surface area contributed by atoms with Crippen molar-refractivity contribution in [3.05, 3.63) is 90.3 Å². The number of amidine groups is 1. The summed E-state index contributed by atoms with van der Waals surface area (Å²) in [4.78, 5) is 25.4. The molecule has 1 amide bonds. The summed E-state index contributed by atoms with van der Waals surface area (Å²) in [7, 11) is 0. The number of carbonyl (C=O) groups is 1. The number of imidazole rings is 1. The smallest absolute Gasteiger partial charge is 0.251 e. The fraction of sp³-hybridized carbons (Fsp3) is 0.192. The number of amides is 1. The van der Waals surface area contributed by atoms with Crippen molar-refractivity contribution in [2.45, 2.75) is 18.9 Å². The number of rotatable bonds is 9. The molecule has 33 heavy (non-hydrogen) atoms. The summed E-state index contributed by atoms with van der Waals surface area (Å²) in [6.07, 6.45) is 1.43. The van der Waals surface area contributed by atoms with E-state index < -0.39 is 0 Å². The van der Waals surface area contributed by atoms with E-state index in [1.54, 1.807) is 0 Å². The molecule has 1 heterocycles. The summed E-state index contributed by atoms with van der Waals surface area (Å²) < 4.78 is 0. The predicted molar refractivity (Wildman–Crippen MR) is 138 cm³/mol. The van der Waals surface area contributed by atoms with Crippen LogP contribution in [0.1, 0.15) is 35.1 Å². The summed E-state index contributed by atoms with van der Waals surface area (Å²) in [5, 5.41) is 3.14. The number of para-hydroxylation sites is 2. The summed E-state index contributed by atoms with van der Waals surface area (Å²) >= 11 is 4.13. The van der Waals surface area contributed by atoms with Crippen LogP contribution in [0.25, 0.3) is 22.2 Å². The van der Waals surface area contributed by atoms with Crippen LogP contribution in [0.5, 0.6) is 0 Å². The number of hydrogen-bond donors (Lipinski definition) is 4. The molecule has 0 saturated carbocycles. The lowest BCUT2D eigenvalue weighted by molar-refractivity contribution is 0.0932. The van der Waals surface area contributed by atoms with E-state index in [-0.39, 0.29) is 11.9 Å². The molecular weight excluding hydrogens is 430 g/mol. The molecule has 4 rings (SSSR count). The van der Waals surface area contributed by atoms with E-state index in [0.717, 1.165) is 34.4 Å². The Morgan fingerprint density at radius 2 is 1.70 bits per heavy atom. The van der Waals surface area contributed by atoms with Crippen LogP contribution in [0.4, 0.5) is 0 Å². The van der Waals surface area contributed by atoms with Gasteiger partial charge in [0.05, 0.1) is 17.1 Å². The van der Waals surface area contributed by atoms with Crippen molar-refractivity contribution in [3.8, 4) is 11.1 Å². The Labute approximate surface area is 198 Å². The number of hydrogen-bond acceptors (Lipinski definition) is 4. The van der Waals surface area contributed by atoms with E-state index in [4.69, 9.17) is 10.7 Å². The maximum absolute atomic E-state index is 13.1. The standard InChI is InChI=1S/C26H27N5OS/c27-24(17-33)28-16-6-11-23(25-29-21-9-4-5-10-22(21)30-25)31-26(32)20-14-12-19(13-15-20)18-7-2-1-3-8-18/h1-5,7-10,12-15,23,33H,6,11,16-17H2,(H2,27,28)(H,29,30)(H,31,32)/t23-/m0/s1. The number of fused-ring (bicyclic) bond motifs is 1. The highest BCUT2D eigenvalue weighted by Crippen LogP contribution is 2.22. The fourth-order valence-corrected chi connectivity index (χ4v) is 3.77. The van der Waals surface area contributed by atoms with E-state index >= 15 is 0 Å². The maximum atomic E-state index is 13.1. The summed E-state index contributed by atoms with van der Waals surface area (Å²) in [6.45, 7) is 0.574. The number of nitrogens with two attached hydrogens (primary N) is 1. The zero-order valence-corrected chi connectivity index (χ0v) is 19.1. The first-order valence-corrected chi connectivity index (χ1v) is 11.6. The first-order chi connectivity index (χ1) is 16.1. The van der Waals surface area contributed by atoms with Crippen LogP contribution in [0.15, 0.2) is 83.9 Å². The Morgan fingerprint density at radius 1 is 1.00 bits per heavy atom. The van der Waals surface area contributed by atoms with Gasteiger partial charge in [-0.15, -0.1) is 0 Å². The van der Waals surface area contributed by atoms with Gasteiger partial charge in [0.2, 0.25) is 0 Å². The predicted octanol–water partition coefficient (Wildman–Crippen LogP) is 4.77. The number of nitrogens with one attached hydrogen (secondary N) is 2. The Bertz CT molecular complexity index is 1200. The fourth-order valence-electron chi connectivity index (χ4n) is 3.67. The second-order valence-electron chi connectivity index (χ2n) is 7.78. The van der Waals surface area contributed by atoms with Gasteiger partial charge in [0.25, 0.3) is 5.91 Å². The van der Waals surface area contributed by atoms with E-state index in [1.165, 1.54) is 0 Å². The second-order valence-corrected chi connectivity index (χ2v) is 8.10. The first-order valence-electron chi connectivity index (χ1n) is 10.9. The number of H-pyrrole nitrogens is 1. The minimum absolute atomic E-state index is 0.140. The second kappa shape index (κ2) is 10.8. The van der Waals surface area contributed by atoms with E-state index in [2.05, 4.69) is 40.1 Å². The van der Waals surface area contributed by atoms with Gasteiger partial charge in [0.15, 0.2) is 0 Å². The minimum Gasteiger partial charge on any atom is -0.387 e. The van der Waals surface area contributed by atoms with Crippen molar-refractivity contribution in [1.29, 1.82) is 0 Å². The third kappa shape index (κ3) is 5.81. The van der Waals surface area contributed by atoms with Crippen LogP contribution in [0, 0.1) is 0 Å². The molecule has 0 saturated heterocycles. The number of aromatic amines is 1. The van der Waals surface area contributed by atoms with Gasteiger partial charge in [-0.25, -0.2) is 4.98 Å². The molecule has 7 heteroatoms. The highest BCUT2D eigenvalue weighted by Gasteiger charge is 2.19. The highest BCUT2D eigenvalue weighted by molar-refractivity contribution is 7.81. The first kappa shape index (κ1) is 22.6. The van der Waals surface area contributed by atoms with Gasteiger partial charge in [0, 0.05) is 17.9 Å². The van der Waals surface area contributed by atoms with Crippen molar-refractivity contribution in [2.75, 3.05) is 12.3 Å². The molecule has 0 aliphatic carbocycles. The molecule has 0 unspecified atom stereocenters. The molecule has 6 nitrogen and oxygen atoms in total. The number of nitrogens with zero attached hydrogens (tertiary/aromatic N) is 2. The summed E-state index contributed by atoms with van der Waals surface area (Å²) in [5.74, 6) is 1.54. The van der Waals surface area contributed by atoms with Crippen LogP contribution in [-0.4, -0.2) is 34.0 Å². The molecular formula is C26H27N5OS. The normalized spacial score (nSPS) is 12.6. The highest BCUT2D eigenvalue weighted by atomic mass is 32.1. The van der Waals surface area contributed by atoms with Gasteiger partial charge in [-0.3, -0.25) is 9.79 Å². The number of carbonyl (C=O) groups excluding carboxylic acids is 1. The third-order valence-electron chi connectivity index (χ3n) is 5.43. The van der Waals surface area contributed by atoms with Crippen LogP contribution < -0.4 is 11.1 Å². The average Bonchev–Trinajstić information content (AvgIpc) is 3.30. The number of benzene rings is 3. The van der Waals surface area contributed by atoms with Crippen molar-refractivity contribution in [3.63, 3.8) is 0 Å². The van der Waals surface area contributed by atoms with E-state index in [1.807, 2.05) is 66.7 Å². The van der Waals surface area contributed by atoms with Gasteiger partial charge in [-0.2, -0.15) is 12.6 Å². The van der Waals surface area contributed by atoms with Crippen LogP contribution in [0.2, 0.25) is 0 Å². The van der Waals surface area contributed by atoms with Crippen LogP contribution >= 0.6 is 12.6 Å². The van der Waals surface area contributed by atoms with Gasteiger partial charge in [-0.05, 0) is 48.2 Å². The van der Waals surface area contributed by atoms with Crippen molar-refractivity contribution < 1.29 is 4.79 Å². The molecule has 168 valence electrons. The molecule has 0 radical (unpaired) electrons. The van der Waals surface area contributed by atoms with Crippen LogP contribution in [-0.2, 0) is 0 Å². The molecule has 0 spiro atoms. The monoisotopic (exact) mass is 457 g/mol. The molecule has 0 aliphatic heterocycles. The lowest BCUT2D eigenvalue weighted by Crippen LogP contribution is -2.29. The van der Waals surface area contributed by atoms with Crippen molar-refractivity contribution in [1.82, 2.24) is 15.3 Å². The SMILES string of the molecule is NC(CS)=NCCC[C@H](NC(=O)c1ccc(-c2ccccc2)cc1)c1nc2ccccc2[nH]1. The zero-order valence-electron chi connectivity index (χ0n) is 18.2. The molecule has 1 atom stereocenters. The molecule has 0 aliphatic rings. The number of aliphatic imine (C=N–C) groups is 1. The van der Waals surface area contributed by atoms with Crippen molar-refractivity contribution >= 4 is 35.4 Å². The van der Waals surface area contributed by atoms with Crippen molar-refractivity contribution in [2.24, 2.45) is 10.7 Å². The maximum Gasteiger partial charge on any atom is 0.251 e. The Kier molecular flexibility index (Phi) is 7.42. The molecule has 0 bridgehead atoms. The van der Waals surface area contributed by atoms with Gasteiger partial charge >= 0.3 is 0 Å². The van der Waals surface area contributed by atoms with E-state index in [0.29, 0.717) is 30.1 Å². The van der Waals surface area contributed by atoms with Gasteiger partial charge < -0.3 is 16.0 Å². The molecule has 0 fully saturated rings. The molecule has 4 aromatic rings. The molecule has 4 N–H and O–H groups in total. The zero-order chi connectivity index (χ0) is 23.0. The number of aromatic nitrogens is 2. The quantitative estimate of drug-likeness (QED) is 0.126. The summed E-state index contributed by atoms with van der Waals surface area (Å²) in [6, 6.07) is 25.3. The summed E-state index contributed by atoms with van der Waals surface area (Å²) in [5.41, 5.74) is 10.4. The molecule has 3 aromatic carbocycles. The van der Waals surface area contributed by atoms with Crippen LogP contribution in [0.3, 0.4) is 0 Å². The Hall–Kier alpha value is -3.58. The topological polar surface area (TPSA) is 96.2 Å². The van der Waals surface area contributed by atoms with Gasteiger partial charge in [-0.1, -0.05) is 54.6 Å². The number of thiol groups is 1. The Balaban J connectivity index is 1.50. The van der Waals surface area contributed by atoms with E-state index in [9.17, 15) is 4.79 Å². The average molecular weight is 458 g/mol. The lowest BCUT2D eigenvalue weighted by atomic mass is 10.0. The molecule has 1 aromatic heterocycles.